The molecular formula is C15H21NO5. The zero-order chi connectivity index (χ0) is 15.8. The summed E-state index contributed by atoms with van der Waals surface area (Å²) in [5.74, 6) is -0.360. The Kier molecular flexibility index (Phi) is 6.68. The number of nitrogens with zero attached hydrogens (tertiary/aromatic N) is 1. The van der Waals surface area contributed by atoms with Gasteiger partial charge in [0.25, 0.3) is 0 Å². The molecule has 0 spiro atoms. The predicted molar refractivity (Wildman–Crippen MR) is 77.6 cm³/mol. The molecule has 1 rings (SSSR count). The van der Waals surface area contributed by atoms with Gasteiger partial charge in [0.05, 0.1) is 19.7 Å². The summed E-state index contributed by atoms with van der Waals surface area (Å²) >= 11 is 0. The standard InChI is InChI=1S/C15H21NO5/c1-4-20-12-5-7-13(8-6-12)21-15(19)10-16(11(2)3)9-14(17)18/h5-8,11H,4,9-10H2,1-3H3,(H,17,18). The Hall–Kier alpha value is -2.08. The van der Waals surface area contributed by atoms with Gasteiger partial charge in [0.1, 0.15) is 11.5 Å². The van der Waals surface area contributed by atoms with Crippen LogP contribution in [-0.2, 0) is 9.59 Å². The van der Waals surface area contributed by atoms with Crippen LogP contribution >= 0.6 is 0 Å². The Morgan fingerprint density at radius 1 is 1.14 bits per heavy atom. The topological polar surface area (TPSA) is 76.1 Å². The molecular weight excluding hydrogens is 274 g/mol. The van der Waals surface area contributed by atoms with Crippen molar-refractivity contribution in [3.8, 4) is 11.5 Å². The molecule has 0 aliphatic heterocycles. The van der Waals surface area contributed by atoms with Crippen molar-refractivity contribution in [2.45, 2.75) is 26.8 Å². The number of hydrogen-bond donors (Lipinski definition) is 1. The molecule has 0 amide bonds. The maximum Gasteiger partial charge on any atom is 0.325 e. The molecule has 0 saturated heterocycles. The summed E-state index contributed by atoms with van der Waals surface area (Å²) in [6.07, 6.45) is 0. The first-order valence-corrected chi connectivity index (χ1v) is 6.81. The van der Waals surface area contributed by atoms with Crippen LogP contribution in [0.2, 0.25) is 0 Å². The van der Waals surface area contributed by atoms with Gasteiger partial charge in [-0.05, 0) is 45.0 Å². The number of ether oxygens (including phenoxy) is 2. The Bertz CT molecular complexity index is 469. The Morgan fingerprint density at radius 3 is 2.19 bits per heavy atom. The van der Waals surface area contributed by atoms with Gasteiger partial charge < -0.3 is 14.6 Å². The van der Waals surface area contributed by atoms with Crippen LogP contribution in [0.3, 0.4) is 0 Å². The van der Waals surface area contributed by atoms with E-state index in [0.717, 1.165) is 0 Å². The van der Waals surface area contributed by atoms with Crippen LogP contribution in [0, 0.1) is 0 Å². The number of rotatable bonds is 8. The van der Waals surface area contributed by atoms with Crippen molar-refractivity contribution in [1.82, 2.24) is 4.90 Å². The molecule has 0 radical (unpaired) electrons. The lowest BCUT2D eigenvalue weighted by Gasteiger charge is -2.23. The molecule has 1 N–H and O–H groups in total. The molecule has 0 heterocycles. The largest absolute Gasteiger partial charge is 0.494 e. The third-order valence-electron chi connectivity index (χ3n) is 2.77. The third-order valence-corrected chi connectivity index (χ3v) is 2.77. The minimum atomic E-state index is -0.974. The monoisotopic (exact) mass is 295 g/mol. The minimum Gasteiger partial charge on any atom is -0.494 e. The molecule has 0 fully saturated rings. The molecule has 6 nitrogen and oxygen atoms in total. The molecule has 1 aromatic carbocycles. The lowest BCUT2D eigenvalue weighted by atomic mass is 10.3. The fraction of sp³-hybridized carbons (Fsp3) is 0.467. The summed E-state index contributed by atoms with van der Waals surface area (Å²) in [6.45, 7) is 5.84. The average molecular weight is 295 g/mol. The van der Waals surface area contributed by atoms with Gasteiger partial charge in [-0.2, -0.15) is 0 Å². The van der Waals surface area contributed by atoms with Crippen LogP contribution in [-0.4, -0.2) is 47.7 Å². The highest BCUT2D eigenvalue weighted by Crippen LogP contribution is 2.17. The highest BCUT2D eigenvalue weighted by molar-refractivity contribution is 5.76. The molecule has 0 aromatic heterocycles. The third kappa shape index (κ3) is 6.27. The van der Waals surface area contributed by atoms with Crippen LogP contribution in [0.4, 0.5) is 0 Å². The molecule has 0 atom stereocenters. The first kappa shape index (κ1) is 17.0. The van der Waals surface area contributed by atoms with E-state index < -0.39 is 11.9 Å². The van der Waals surface area contributed by atoms with Gasteiger partial charge in [0.15, 0.2) is 0 Å². The number of carbonyl (C=O) groups is 2. The maximum atomic E-state index is 11.8. The SMILES string of the molecule is CCOc1ccc(OC(=O)CN(CC(=O)O)C(C)C)cc1. The van der Waals surface area contributed by atoms with E-state index in [-0.39, 0.29) is 19.1 Å². The summed E-state index contributed by atoms with van der Waals surface area (Å²) in [5, 5.41) is 8.81. The van der Waals surface area contributed by atoms with Gasteiger partial charge in [-0.25, -0.2) is 0 Å². The Labute approximate surface area is 124 Å². The van der Waals surface area contributed by atoms with Crippen molar-refractivity contribution >= 4 is 11.9 Å². The maximum absolute atomic E-state index is 11.8. The molecule has 0 bridgehead atoms. The molecule has 1 aromatic rings. The number of hydrogen-bond acceptors (Lipinski definition) is 5. The van der Waals surface area contributed by atoms with Crippen molar-refractivity contribution in [2.24, 2.45) is 0 Å². The van der Waals surface area contributed by atoms with Crippen molar-refractivity contribution < 1.29 is 24.2 Å². The highest BCUT2D eigenvalue weighted by Gasteiger charge is 2.18. The normalized spacial score (nSPS) is 10.7. The lowest BCUT2D eigenvalue weighted by molar-refractivity contribution is -0.141. The summed E-state index contributed by atoms with van der Waals surface area (Å²) in [4.78, 5) is 24.1. The average Bonchev–Trinajstić information content (AvgIpc) is 2.40. The molecule has 0 unspecified atom stereocenters. The second kappa shape index (κ2) is 8.26. The van der Waals surface area contributed by atoms with E-state index in [2.05, 4.69) is 0 Å². The van der Waals surface area contributed by atoms with E-state index in [1.165, 1.54) is 4.90 Å². The van der Waals surface area contributed by atoms with Crippen LogP contribution in [0.5, 0.6) is 11.5 Å². The van der Waals surface area contributed by atoms with E-state index in [9.17, 15) is 9.59 Å². The molecule has 116 valence electrons. The molecule has 0 aliphatic carbocycles. The minimum absolute atomic E-state index is 0.0611. The van der Waals surface area contributed by atoms with Gasteiger partial charge in [0.2, 0.25) is 0 Å². The summed E-state index contributed by atoms with van der Waals surface area (Å²) in [7, 11) is 0. The summed E-state index contributed by atoms with van der Waals surface area (Å²) < 4.78 is 10.5. The number of esters is 1. The van der Waals surface area contributed by atoms with E-state index >= 15 is 0 Å². The number of carboxylic acids is 1. The lowest BCUT2D eigenvalue weighted by Crippen LogP contribution is -2.40. The van der Waals surface area contributed by atoms with Crippen LogP contribution in [0.25, 0.3) is 0 Å². The number of aliphatic carboxylic acids is 1. The summed E-state index contributed by atoms with van der Waals surface area (Å²) in [5.41, 5.74) is 0. The highest BCUT2D eigenvalue weighted by atomic mass is 16.5. The van der Waals surface area contributed by atoms with Crippen molar-refractivity contribution in [1.29, 1.82) is 0 Å². The number of carboxylic acid groups (broad SMARTS) is 1. The molecule has 21 heavy (non-hydrogen) atoms. The van der Waals surface area contributed by atoms with Crippen LogP contribution < -0.4 is 9.47 Å². The van der Waals surface area contributed by atoms with Gasteiger partial charge in [-0.3, -0.25) is 14.5 Å². The smallest absolute Gasteiger partial charge is 0.325 e. The fourth-order valence-corrected chi connectivity index (χ4v) is 1.69. The zero-order valence-electron chi connectivity index (χ0n) is 12.5. The molecule has 0 saturated carbocycles. The van der Waals surface area contributed by atoms with E-state index in [1.807, 2.05) is 20.8 Å². The first-order chi connectivity index (χ1) is 9.92. The molecule has 6 heteroatoms. The Balaban J connectivity index is 2.57. The van der Waals surface area contributed by atoms with Gasteiger partial charge in [-0.15, -0.1) is 0 Å². The van der Waals surface area contributed by atoms with Crippen molar-refractivity contribution in [2.75, 3.05) is 19.7 Å². The van der Waals surface area contributed by atoms with E-state index in [1.54, 1.807) is 24.3 Å². The number of benzene rings is 1. The van der Waals surface area contributed by atoms with Gasteiger partial charge >= 0.3 is 11.9 Å². The van der Waals surface area contributed by atoms with E-state index in [0.29, 0.717) is 18.1 Å². The fourth-order valence-electron chi connectivity index (χ4n) is 1.69. The predicted octanol–water partition coefficient (Wildman–Crippen LogP) is 1.79. The Morgan fingerprint density at radius 2 is 1.71 bits per heavy atom. The first-order valence-electron chi connectivity index (χ1n) is 6.81. The summed E-state index contributed by atoms with van der Waals surface area (Å²) in [6, 6.07) is 6.64. The second-order valence-electron chi connectivity index (χ2n) is 4.77. The van der Waals surface area contributed by atoms with Crippen molar-refractivity contribution in [3.05, 3.63) is 24.3 Å². The van der Waals surface area contributed by atoms with Crippen LogP contribution in [0.15, 0.2) is 24.3 Å². The van der Waals surface area contributed by atoms with Gasteiger partial charge in [-0.1, -0.05) is 0 Å². The second-order valence-corrected chi connectivity index (χ2v) is 4.77. The number of carbonyl (C=O) groups excluding carboxylic acids is 1. The quantitative estimate of drug-likeness (QED) is 0.582. The zero-order valence-corrected chi connectivity index (χ0v) is 12.5. The van der Waals surface area contributed by atoms with Crippen LogP contribution in [0.1, 0.15) is 20.8 Å². The van der Waals surface area contributed by atoms with Gasteiger partial charge in [0, 0.05) is 6.04 Å². The van der Waals surface area contributed by atoms with Crippen molar-refractivity contribution in [3.63, 3.8) is 0 Å². The van der Waals surface area contributed by atoms with E-state index in [4.69, 9.17) is 14.6 Å². The molecule has 0 aliphatic rings.